The predicted octanol–water partition coefficient (Wildman–Crippen LogP) is -0.0519. The fourth-order valence-corrected chi connectivity index (χ4v) is 1.95. The number of aliphatic imine (C=N–C) groups is 2. The van der Waals surface area contributed by atoms with Gasteiger partial charge in [-0.1, -0.05) is 6.07 Å². The minimum absolute atomic E-state index is 0.0997. The highest BCUT2D eigenvalue weighted by Crippen LogP contribution is 2.25. The lowest BCUT2D eigenvalue weighted by atomic mass is 10.1. The Morgan fingerprint density at radius 2 is 2.00 bits per heavy atom. The van der Waals surface area contributed by atoms with Crippen molar-refractivity contribution in [3.8, 4) is 11.5 Å². The summed E-state index contributed by atoms with van der Waals surface area (Å²) in [4.78, 5) is 8.27. The van der Waals surface area contributed by atoms with E-state index in [1.54, 1.807) is 12.1 Å². The number of nitrogens with two attached hydrogens (primary N) is 1. The summed E-state index contributed by atoms with van der Waals surface area (Å²) in [5, 5.41) is 21.8. The quantitative estimate of drug-likeness (QED) is 0.459. The van der Waals surface area contributed by atoms with Gasteiger partial charge in [-0.15, -0.1) is 0 Å². The molecular formula is C13H20N5O2+. The molecule has 0 aromatic heterocycles. The summed E-state index contributed by atoms with van der Waals surface area (Å²) < 4.78 is 0.526. The normalized spacial score (nSPS) is 15.3. The van der Waals surface area contributed by atoms with Crippen LogP contribution in [0.15, 0.2) is 28.2 Å². The Hall–Kier alpha value is -2.28. The largest absolute Gasteiger partial charge is 0.504 e. The van der Waals surface area contributed by atoms with Crippen molar-refractivity contribution in [3.05, 3.63) is 23.8 Å². The van der Waals surface area contributed by atoms with E-state index >= 15 is 0 Å². The zero-order valence-corrected chi connectivity index (χ0v) is 11.7. The molecule has 0 aliphatic carbocycles. The van der Waals surface area contributed by atoms with Gasteiger partial charge >= 0.3 is 5.96 Å². The smallest absolute Gasteiger partial charge is 0.305 e. The number of hydrogen-bond donors (Lipinski definition) is 4. The van der Waals surface area contributed by atoms with Crippen LogP contribution in [0.25, 0.3) is 0 Å². The van der Waals surface area contributed by atoms with Crippen LogP contribution in [0.4, 0.5) is 0 Å². The molecule has 1 aliphatic rings. The van der Waals surface area contributed by atoms with Gasteiger partial charge in [0.15, 0.2) is 17.5 Å². The number of phenols is 2. The number of hydrogen-bond acceptors (Lipinski definition) is 6. The molecule has 2 rings (SSSR count). The lowest BCUT2D eigenvalue weighted by molar-refractivity contribution is -0.801. The molecule has 7 nitrogen and oxygen atoms in total. The number of rotatable bonds is 3. The predicted molar refractivity (Wildman–Crippen MR) is 77.5 cm³/mol. The van der Waals surface area contributed by atoms with E-state index in [0.717, 1.165) is 24.5 Å². The molecular weight excluding hydrogens is 258 g/mol. The second kappa shape index (κ2) is 5.38. The Morgan fingerprint density at radius 3 is 2.65 bits per heavy atom. The number of aromatic hydroxyl groups is 2. The van der Waals surface area contributed by atoms with Crippen LogP contribution < -0.4 is 11.1 Å². The van der Waals surface area contributed by atoms with E-state index in [9.17, 15) is 10.2 Å². The van der Waals surface area contributed by atoms with Crippen molar-refractivity contribution in [2.24, 2.45) is 15.7 Å². The van der Waals surface area contributed by atoms with Gasteiger partial charge in [0.05, 0.1) is 20.6 Å². The maximum absolute atomic E-state index is 9.49. The van der Waals surface area contributed by atoms with Crippen molar-refractivity contribution in [1.29, 1.82) is 0 Å². The van der Waals surface area contributed by atoms with Crippen LogP contribution >= 0.6 is 0 Å². The Balaban J connectivity index is 2.01. The van der Waals surface area contributed by atoms with Crippen molar-refractivity contribution in [1.82, 2.24) is 5.32 Å². The number of quaternary nitrogens is 1. The molecule has 0 saturated heterocycles. The Labute approximate surface area is 117 Å². The maximum atomic E-state index is 9.49. The average Bonchev–Trinajstić information content (AvgIpc) is 2.40. The third-order valence-electron chi connectivity index (χ3n) is 3.27. The second-order valence-corrected chi connectivity index (χ2v) is 5.27. The van der Waals surface area contributed by atoms with E-state index in [2.05, 4.69) is 15.3 Å². The van der Waals surface area contributed by atoms with E-state index in [-0.39, 0.29) is 11.5 Å². The zero-order valence-electron chi connectivity index (χ0n) is 11.7. The van der Waals surface area contributed by atoms with Crippen LogP contribution in [0.1, 0.15) is 5.56 Å². The monoisotopic (exact) mass is 278 g/mol. The van der Waals surface area contributed by atoms with E-state index in [0.29, 0.717) is 17.1 Å². The number of phenolic OH excluding ortho intramolecular Hbond substituents is 2. The third-order valence-corrected chi connectivity index (χ3v) is 3.27. The van der Waals surface area contributed by atoms with Crippen LogP contribution in [-0.4, -0.2) is 53.9 Å². The summed E-state index contributed by atoms with van der Waals surface area (Å²) in [5.74, 6) is 0.936. The molecule has 0 radical (unpaired) electrons. The standard InChI is InChI=1S/C13H19N5O2/c1-18(2,13-16-8-15-12(14)17-13)6-5-9-3-4-10(19)11(20)7-9/h3-4,7H,5-6,8H2,1-2H3,(H4-,14,15,16,17,19,20)/p+1. The topological polar surface area (TPSA) is 103 Å². The fourth-order valence-electron chi connectivity index (χ4n) is 1.95. The van der Waals surface area contributed by atoms with Crippen molar-refractivity contribution in [2.45, 2.75) is 6.42 Å². The van der Waals surface area contributed by atoms with Crippen LogP contribution in [0.5, 0.6) is 11.5 Å². The molecule has 1 aromatic rings. The summed E-state index contributed by atoms with van der Waals surface area (Å²) in [6.07, 6.45) is 0.735. The fraction of sp³-hybridized carbons (Fsp3) is 0.385. The van der Waals surface area contributed by atoms with Gasteiger partial charge in [-0.2, -0.15) is 4.99 Å². The third kappa shape index (κ3) is 3.18. The first kappa shape index (κ1) is 14.1. The van der Waals surface area contributed by atoms with Gasteiger partial charge in [-0.3, -0.25) is 9.80 Å². The number of guanidine groups is 2. The van der Waals surface area contributed by atoms with Gasteiger partial charge in [0.25, 0.3) is 0 Å². The molecule has 5 N–H and O–H groups in total. The molecule has 0 fully saturated rings. The maximum Gasteiger partial charge on any atom is 0.305 e. The van der Waals surface area contributed by atoms with Crippen molar-refractivity contribution < 1.29 is 14.7 Å². The van der Waals surface area contributed by atoms with Crippen molar-refractivity contribution in [3.63, 3.8) is 0 Å². The first-order valence-electron chi connectivity index (χ1n) is 6.34. The van der Waals surface area contributed by atoms with Crippen LogP contribution in [0, 0.1) is 0 Å². The number of nitrogens with zero attached hydrogens (tertiary/aromatic N) is 3. The minimum atomic E-state index is -0.107. The average molecular weight is 278 g/mol. The van der Waals surface area contributed by atoms with Crippen LogP contribution in [-0.2, 0) is 6.42 Å². The summed E-state index contributed by atoms with van der Waals surface area (Å²) >= 11 is 0. The number of nitrogens with one attached hydrogen (secondary N) is 1. The second-order valence-electron chi connectivity index (χ2n) is 5.27. The summed E-state index contributed by atoms with van der Waals surface area (Å²) in [6, 6.07) is 4.86. The lowest BCUT2D eigenvalue weighted by Crippen LogP contribution is -2.57. The van der Waals surface area contributed by atoms with E-state index in [1.165, 1.54) is 6.07 Å². The van der Waals surface area contributed by atoms with Gasteiger partial charge in [-0.25, -0.2) is 4.99 Å². The van der Waals surface area contributed by atoms with Gasteiger partial charge in [-0.05, 0) is 17.7 Å². The Bertz CT molecular complexity index is 566. The highest BCUT2D eigenvalue weighted by Gasteiger charge is 2.26. The van der Waals surface area contributed by atoms with E-state index in [4.69, 9.17) is 5.73 Å². The summed E-state index contributed by atoms with van der Waals surface area (Å²) in [6.45, 7) is 1.11. The van der Waals surface area contributed by atoms with E-state index < -0.39 is 0 Å². The number of benzene rings is 1. The Kier molecular flexibility index (Phi) is 3.80. The highest BCUT2D eigenvalue weighted by atomic mass is 16.3. The summed E-state index contributed by atoms with van der Waals surface area (Å²) in [5.41, 5.74) is 6.60. The SMILES string of the molecule is C[N+](C)(CCc1ccc(O)c(O)c1)C1=NCN=C(N)N1. The lowest BCUT2D eigenvalue weighted by Gasteiger charge is -2.31. The molecule has 108 valence electrons. The highest BCUT2D eigenvalue weighted by molar-refractivity contribution is 5.96. The first-order valence-corrected chi connectivity index (χ1v) is 6.34. The van der Waals surface area contributed by atoms with E-state index in [1.807, 2.05) is 14.1 Å². The Morgan fingerprint density at radius 1 is 1.25 bits per heavy atom. The van der Waals surface area contributed by atoms with Gasteiger partial charge in [0.2, 0.25) is 0 Å². The molecule has 7 heteroatoms. The molecule has 20 heavy (non-hydrogen) atoms. The van der Waals surface area contributed by atoms with Gasteiger partial charge < -0.3 is 15.9 Å². The molecule has 1 aliphatic heterocycles. The van der Waals surface area contributed by atoms with Crippen molar-refractivity contribution in [2.75, 3.05) is 27.3 Å². The molecule has 1 heterocycles. The zero-order chi connectivity index (χ0) is 14.8. The van der Waals surface area contributed by atoms with Gasteiger partial charge in [0.1, 0.15) is 6.67 Å². The molecule has 1 aromatic carbocycles. The molecule has 0 saturated carbocycles. The van der Waals surface area contributed by atoms with Crippen LogP contribution in [0.2, 0.25) is 0 Å². The molecule has 0 bridgehead atoms. The summed E-state index contributed by atoms with van der Waals surface area (Å²) in [7, 11) is 4.04. The number of likely N-dealkylation sites (N-methyl/N-ethyl adjacent to an activating group) is 1. The van der Waals surface area contributed by atoms with Crippen molar-refractivity contribution >= 4 is 11.9 Å². The van der Waals surface area contributed by atoms with Gasteiger partial charge in [0, 0.05) is 6.42 Å². The molecule has 0 atom stereocenters. The minimum Gasteiger partial charge on any atom is -0.504 e. The first-order chi connectivity index (χ1) is 9.38. The molecule has 0 amide bonds. The molecule has 0 unspecified atom stereocenters. The van der Waals surface area contributed by atoms with Crippen LogP contribution in [0.3, 0.4) is 0 Å². The molecule has 0 spiro atoms.